The quantitative estimate of drug-likeness (QED) is 0.872. The van der Waals surface area contributed by atoms with Crippen LogP contribution in [-0.4, -0.2) is 17.8 Å². The Balaban J connectivity index is 1.90. The van der Waals surface area contributed by atoms with Crippen molar-refractivity contribution in [3.8, 4) is 0 Å². The molecule has 2 nitrogen and oxygen atoms in total. The topological polar surface area (TPSA) is 32.3 Å². The Labute approximate surface area is 117 Å². The van der Waals surface area contributed by atoms with Crippen LogP contribution < -0.4 is 5.32 Å². The van der Waals surface area contributed by atoms with Gasteiger partial charge in [0, 0.05) is 19.2 Å². The standard InChI is InChI=1S/C17H27NO/c1-17(2,3)15-9-7-13(8-10-15)11-18-16-6-4-5-14(16)12-19/h7-10,14,16,18-19H,4-6,11-12H2,1-3H3. The van der Waals surface area contributed by atoms with E-state index in [9.17, 15) is 5.11 Å². The zero-order valence-electron chi connectivity index (χ0n) is 12.4. The second kappa shape index (κ2) is 6.06. The van der Waals surface area contributed by atoms with Gasteiger partial charge in [0.25, 0.3) is 0 Å². The lowest BCUT2D eigenvalue weighted by atomic mass is 9.87. The van der Waals surface area contributed by atoms with Gasteiger partial charge in [-0.25, -0.2) is 0 Å². The van der Waals surface area contributed by atoms with Gasteiger partial charge in [0.2, 0.25) is 0 Å². The fraction of sp³-hybridized carbons (Fsp3) is 0.647. The van der Waals surface area contributed by atoms with Crippen molar-refractivity contribution in [1.29, 1.82) is 0 Å². The van der Waals surface area contributed by atoms with Gasteiger partial charge in [-0.05, 0) is 35.3 Å². The molecule has 106 valence electrons. The maximum atomic E-state index is 9.32. The molecule has 1 fully saturated rings. The largest absolute Gasteiger partial charge is 0.396 e. The molecule has 0 amide bonds. The zero-order valence-corrected chi connectivity index (χ0v) is 12.4. The van der Waals surface area contributed by atoms with Crippen LogP contribution in [0.2, 0.25) is 0 Å². The van der Waals surface area contributed by atoms with Gasteiger partial charge in [0.15, 0.2) is 0 Å². The lowest BCUT2D eigenvalue weighted by Crippen LogP contribution is -2.33. The van der Waals surface area contributed by atoms with Crippen LogP contribution in [0, 0.1) is 5.92 Å². The van der Waals surface area contributed by atoms with Crippen molar-refractivity contribution >= 4 is 0 Å². The normalized spacial score (nSPS) is 23.8. The Morgan fingerprint density at radius 2 is 1.84 bits per heavy atom. The van der Waals surface area contributed by atoms with E-state index in [0.29, 0.717) is 18.6 Å². The maximum absolute atomic E-state index is 9.32. The van der Waals surface area contributed by atoms with Crippen molar-refractivity contribution in [3.05, 3.63) is 35.4 Å². The molecule has 0 saturated heterocycles. The Morgan fingerprint density at radius 1 is 1.16 bits per heavy atom. The summed E-state index contributed by atoms with van der Waals surface area (Å²) in [6, 6.07) is 9.39. The Hall–Kier alpha value is -0.860. The van der Waals surface area contributed by atoms with Gasteiger partial charge < -0.3 is 10.4 Å². The third kappa shape index (κ3) is 3.80. The molecular formula is C17H27NO. The van der Waals surface area contributed by atoms with Crippen molar-refractivity contribution < 1.29 is 5.11 Å². The fourth-order valence-electron chi connectivity index (χ4n) is 2.90. The van der Waals surface area contributed by atoms with E-state index in [-0.39, 0.29) is 5.41 Å². The maximum Gasteiger partial charge on any atom is 0.0474 e. The van der Waals surface area contributed by atoms with Crippen LogP contribution in [0.1, 0.15) is 51.2 Å². The molecule has 0 aromatic heterocycles. The summed E-state index contributed by atoms with van der Waals surface area (Å²) in [6.07, 6.45) is 3.61. The minimum Gasteiger partial charge on any atom is -0.396 e. The summed E-state index contributed by atoms with van der Waals surface area (Å²) in [5, 5.41) is 12.9. The van der Waals surface area contributed by atoms with Crippen molar-refractivity contribution in [1.82, 2.24) is 5.32 Å². The predicted octanol–water partition coefficient (Wildman–Crippen LogP) is 3.23. The highest BCUT2D eigenvalue weighted by Crippen LogP contribution is 2.26. The molecule has 0 radical (unpaired) electrons. The van der Waals surface area contributed by atoms with E-state index in [0.717, 1.165) is 13.0 Å². The van der Waals surface area contributed by atoms with Crippen LogP contribution in [0.3, 0.4) is 0 Å². The third-order valence-corrected chi connectivity index (χ3v) is 4.28. The lowest BCUT2D eigenvalue weighted by Gasteiger charge is -2.21. The number of rotatable bonds is 4. The molecule has 0 aliphatic heterocycles. The van der Waals surface area contributed by atoms with Gasteiger partial charge >= 0.3 is 0 Å². The van der Waals surface area contributed by atoms with E-state index >= 15 is 0 Å². The first-order valence-corrected chi connectivity index (χ1v) is 7.44. The van der Waals surface area contributed by atoms with E-state index in [1.165, 1.54) is 24.0 Å². The Kier molecular flexibility index (Phi) is 4.64. The second-order valence-electron chi connectivity index (χ2n) is 6.81. The van der Waals surface area contributed by atoms with Gasteiger partial charge in [-0.1, -0.05) is 51.5 Å². The summed E-state index contributed by atoms with van der Waals surface area (Å²) in [6.45, 7) is 7.95. The number of hydrogen-bond donors (Lipinski definition) is 2. The molecule has 2 heteroatoms. The van der Waals surface area contributed by atoms with Crippen LogP contribution in [0.25, 0.3) is 0 Å². The molecule has 1 aromatic carbocycles. The first kappa shape index (κ1) is 14.5. The number of aliphatic hydroxyl groups is 1. The van der Waals surface area contributed by atoms with E-state index in [1.807, 2.05) is 0 Å². The third-order valence-electron chi connectivity index (χ3n) is 4.28. The molecule has 19 heavy (non-hydrogen) atoms. The van der Waals surface area contributed by atoms with Gasteiger partial charge in [-0.15, -0.1) is 0 Å². The van der Waals surface area contributed by atoms with E-state index in [1.54, 1.807) is 0 Å². The molecule has 2 N–H and O–H groups in total. The van der Waals surface area contributed by atoms with Crippen LogP contribution in [0.15, 0.2) is 24.3 Å². The van der Waals surface area contributed by atoms with Gasteiger partial charge in [0.05, 0.1) is 0 Å². The highest BCUT2D eigenvalue weighted by atomic mass is 16.3. The average Bonchev–Trinajstić information content (AvgIpc) is 2.83. The van der Waals surface area contributed by atoms with Crippen LogP contribution in [-0.2, 0) is 12.0 Å². The van der Waals surface area contributed by atoms with Crippen molar-refractivity contribution in [2.24, 2.45) is 5.92 Å². The Bertz CT molecular complexity index is 391. The van der Waals surface area contributed by atoms with Gasteiger partial charge in [0.1, 0.15) is 0 Å². The lowest BCUT2D eigenvalue weighted by molar-refractivity contribution is 0.205. The summed E-state index contributed by atoms with van der Waals surface area (Å²) in [5.74, 6) is 0.453. The fourth-order valence-corrected chi connectivity index (χ4v) is 2.90. The molecule has 1 aliphatic carbocycles. The summed E-state index contributed by atoms with van der Waals surface area (Å²) in [4.78, 5) is 0. The summed E-state index contributed by atoms with van der Waals surface area (Å²) >= 11 is 0. The van der Waals surface area contributed by atoms with Crippen molar-refractivity contribution in [2.45, 2.75) is 58.0 Å². The zero-order chi connectivity index (χ0) is 13.9. The summed E-state index contributed by atoms with van der Waals surface area (Å²) in [5.41, 5.74) is 2.93. The van der Waals surface area contributed by atoms with E-state index < -0.39 is 0 Å². The first-order valence-electron chi connectivity index (χ1n) is 7.44. The predicted molar refractivity (Wildman–Crippen MR) is 80.2 cm³/mol. The van der Waals surface area contributed by atoms with Gasteiger partial charge in [-0.3, -0.25) is 0 Å². The van der Waals surface area contributed by atoms with Gasteiger partial charge in [-0.2, -0.15) is 0 Å². The summed E-state index contributed by atoms with van der Waals surface area (Å²) in [7, 11) is 0. The number of nitrogens with one attached hydrogen (secondary N) is 1. The molecule has 2 rings (SSSR count). The highest BCUT2D eigenvalue weighted by Gasteiger charge is 2.25. The SMILES string of the molecule is CC(C)(C)c1ccc(CNC2CCCC2CO)cc1. The van der Waals surface area contributed by atoms with Crippen molar-refractivity contribution in [3.63, 3.8) is 0 Å². The minimum absolute atomic E-state index is 0.222. The van der Waals surface area contributed by atoms with Crippen molar-refractivity contribution in [2.75, 3.05) is 6.61 Å². The monoisotopic (exact) mass is 261 g/mol. The van der Waals surface area contributed by atoms with Crippen LogP contribution in [0.5, 0.6) is 0 Å². The van der Waals surface area contributed by atoms with E-state index in [4.69, 9.17) is 0 Å². The Morgan fingerprint density at radius 3 is 2.42 bits per heavy atom. The van der Waals surface area contributed by atoms with E-state index in [2.05, 4.69) is 50.4 Å². The summed E-state index contributed by atoms with van der Waals surface area (Å²) < 4.78 is 0. The molecular weight excluding hydrogens is 234 g/mol. The smallest absolute Gasteiger partial charge is 0.0474 e. The molecule has 0 bridgehead atoms. The second-order valence-corrected chi connectivity index (χ2v) is 6.81. The first-order chi connectivity index (χ1) is 9.00. The molecule has 1 aromatic rings. The molecule has 0 spiro atoms. The molecule has 1 saturated carbocycles. The molecule has 2 unspecified atom stereocenters. The number of aliphatic hydroxyl groups excluding tert-OH is 1. The van der Waals surface area contributed by atoms with Crippen LogP contribution >= 0.6 is 0 Å². The number of benzene rings is 1. The molecule has 1 aliphatic rings. The highest BCUT2D eigenvalue weighted by molar-refractivity contribution is 5.27. The minimum atomic E-state index is 0.222. The van der Waals surface area contributed by atoms with Crippen LogP contribution in [0.4, 0.5) is 0 Å². The average molecular weight is 261 g/mol. The molecule has 0 heterocycles. The number of hydrogen-bond acceptors (Lipinski definition) is 2. The molecule has 2 atom stereocenters.